The van der Waals surface area contributed by atoms with Gasteiger partial charge in [-0.2, -0.15) is 0 Å². The first-order valence-electron chi connectivity index (χ1n) is 6.77. The molecule has 2 aromatic rings. The van der Waals surface area contributed by atoms with Gasteiger partial charge in [-0.3, -0.25) is 4.79 Å². The van der Waals surface area contributed by atoms with Crippen LogP contribution in [0.25, 0.3) is 0 Å². The van der Waals surface area contributed by atoms with Gasteiger partial charge in [0.25, 0.3) is 0 Å². The maximum absolute atomic E-state index is 11.8. The fourth-order valence-electron chi connectivity index (χ4n) is 2.61. The highest BCUT2D eigenvalue weighted by molar-refractivity contribution is 9.10. The van der Waals surface area contributed by atoms with Crippen LogP contribution < -0.4 is 4.90 Å². The quantitative estimate of drug-likeness (QED) is 0.713. The van der Waals surface area contributed by atoms with E-state index in [9.17, 15) is 4.79 Å². The molecule has 0 bridgehead atoms. The van der Waals surface area contributed by atoms with Gasteiger partial charge in [0.2, 0.25) is 5.91 Å². The van der Waals surface area contributed by atoms with Crippen molar-refractivity contribution in [3.63, 3.8) is 0 Å². The molecule has 1 atom stereocenters. The summed E-state index contributed by atoms with van der Waals surface area (Å²) in [4.78, 5) is 13.5. The Bertz CT molecular complexity index is 729. The van der Waals surface area contributed by atoms with Gasteiger partial charge < -0.3 is 4.90 Å². The molecule has 0 N–H and O–H groups in total. The molecule has 0 saturated carbocycles. The topological polar surface area (TPSA) is 20.3 Å². The Balaban J connectivity index is 1.96. The third-order valence-electron chi connectivity index (χ3n) is 3.96. The molecule has 0 saturated heterocycles. The van der Waals surface area contributed by atoms with Gasteiger partial charge in [0.05, 0.1) is 11.8 Å². The highest BCUT2D eigenvalue weighted by Crippen LogP contribution is 2.35. The van der Waals surface area contributed by atoms with Gasteiger partial charge in [0.1, 0.15) is 0 Å². The van der Waals surface area contributed by atoms with Gasteiger partial charge >= 0.3 is 0 Å². The summed E-state index contributed by atoms with van der Waals surface area (Å²) < 4.78 is 1.06. The first-order chi connectivity index (χ1) is 9.97. The predicted octanol–water partition coefficient (Wildman–Crippen LogP) is 4.60. The molecule has 0 aliphatic carbocycles. The number of likely N-dealkylation sites (N-methyl/N-ethyl adjacent to an activating group) is 1. The molecule has 4 heteroatoms. The van der Waals surface area contributed by atoms with Crippen molar-refractivity contribution in [3.05, 3.63) is 63.1 Å². The second-order valence-electron chi connectivity index (χ2n) is 5.39. The number of rotatable bonds is 2. The van der Waals surface area contributed by atoms with Gasteiger partial charge in [-0.15, -0.1) is 11.6 Å². The Labute approximate surface area is 137 Å². The molecule has 1 aliphatic heterocycles. The third-order valence-corrected chi connectivity index (χ3v) is 5.32. The summed E-state index contributed by atoms with van der Waals surface area (Å²) in [6, 6.07) is 12.2. The molecule has 0 radical (unpaired) electrons. The number of fused-ring (bicyclic) bond motifs is 1. The third kappa shape index (κ3) is 2.60. The largest absolute Gasteiger partial charge is 0.315 e. The van der Waals surface area contributed by atoms with Crippen molar-refractivity contribution in [2.45, 2.75) is 18.7 Å². The minimum Gasteiger partial charge on any atom is -0.315 e. The molecule has 1 aliphatic rings. The molecule has 1 heterocycles. The molecule has 0 spiro atoms. The van der Waals surface area contributed by atoms with E-state index in [1.807, 2.05) is 38.2 Å². The Kier molecular flexibility index (Phi) is 3.80. The van der Waals surface area contributed by atoms with Crippen LogP contribution in [0.15, 0.2) is 40.9 Å². The average Bonchev–Trinajstić information content (AvgIpc) is 2.76. The Hall–Kier alpha value is -1.32. The summed E-state index contributed by atoms with van der Waals surface area (Å²) >= 11 is 10.2. The lowest BCUT2D eigenvalue weighted by molar-refractivity contribution is -0.117. The first kappa shape index (κ1) is 14.6. The number of hydrogen-bond donors (Lipinski definition) is 0. The molecule has 1 amide bonds. The predicted molar refractivity (Wildman–Crippen MR) is 90.1 cm³/mol. The summed E-state index contributed by atoms with van der Waals surface area (Å²) in [5.74, 6) is 0.131. The number of halogens is 2. The van der Waals surface area contributed by atoms with E-state index in [1.54, 1.807) is 4.90 Å². The van der Waals surface area contributed by atoms with E-state index in [2.05, 4.69) is 28.1 Å². The summed E-state index contributed by atoms with van der Waals surface area (Å²) in [5.41, 5.74) is 5.29. The van der Waals surface area contributed by atoms with Crippen molar-refractivity contribution in [1.82, 2.24) is 0 Å². The van der Waals surface area contributed by atoms with Crippen molar-refractivity contribution in [3.8, 4) is 0 Å². The number of alkyl halides is 1. The van der Waals surface area contributed by atoms with Crippen LogP contribution in [0.3, 0.4) is 0 Å². The van der Waals surface area contributed by atoms with Crippen LogP contribution in [0, 0.1) is 6.92 Å². The van der Waals surface area contributed by atoms with Gasteiger partial charge in [0.15, 0.2) is 0 Å². The number of anilines is 1. The van der Waals surface area contributed by atoms with Crippen LogP contribution in [-0.2, 0) is 11.2 Å². The fourth-order valence-corrected chi connectivity index (χ4v) is 3.27. The van der Waals surface area contributed by atoms with E-state index >= 15 is 0 Å². The zero-order chi connectivity index (χ0) is 15.1. The second kappa shape index (κ2) is 5.47. The molecule has 3 rings (SSSR count). The number of amides is 1. The molecule has 108 valence electrons. The van der Waals surface area contributed by atoms with Crippen molar-refractivity contribution in [2.75, 3.05) is 11.9 Å². The maximum atomic E-state index is 11.8. The van der Waals surface area contributed by atoms with Crippen LogP contribution in [0.5, 0.6) is 0 Å². The molecule has 2 nitrogen and oxygen atoms in total. The number of nitrogens with zero attached hydrogens (tertiary/aromatic N) is 1. The van der Waals surface area contributed by atoms with Gasteiger partial charge in [-0.1, -0.05) is 40.2 Å². The first-order valence-corrected chi connectivity index (χ1v) is 8.00. The van der Waals surface area contributed by atoms with Gasteiger partial charge in [-0.25, -0.2) is 0 Å². The van der Waals surface area contributed by atoms with Crippen LogP contribution in [0.4, 0.5) is 5.69 Å². The highest BCUT2D eigenvalue weighted by atomic mass is 79.9. The van der Waals surface area contributed by atoms with Crippen LogP contribution in [-0.4, -0.2) is 13.0 Å². The number of aryl methyl sites for hydroxylation is 1. The summed E-state index contributed by atoms with van der Waals surface area (Å²) in [6.45, 7) is 2.05. The van der Waals surface area contributed by atoms with Crippen molar-refractivity contribution in [1.29, 1.82) is 0 Å². The van der Waals surface area contributed by atoms with Crippen molar-refractivity contribution >= 4 is 39.1 Å². The van der Waals surface area contributed by atoms with Crippen molar-refractivity contribution < 1.29 is 4.79 Å². The van der Waals surface area contributed by atoms with E-state index < -0.39 is 0 Å². The minimum absolute atomic E-state index is 0.131. The molecule has 21 heavy (non-hydrogen) atoms. The molecule has 2 aromatic carbocycles. The molecule has 0 aromatic heterocycles. The molecular weight excluding hydrogens is 350 g/mol. The Morgan fingerprint density at radius 2 is 1.86 bits per heavy atom. The zero-order valence-electron chi connectivity index (χ0n) is 11.9. The van der Waals surface area contributed by atoms with E-state index in [4.69, 9.17) is 11.6 Å². The van der Waals surface area contributed by atoms with Crippen LogP contribution in [0.2, 0.25) is 0 Å². The van der Waals surface area contributed by atoms with E-state index in [0.29, 0.717) is 6.42 Å². The number of carbonyl (C=O) groups excluding carboxylic acids is 1. The molecule has 1 unspecified atom stereocenters. The Morgan fingerprint density at radius 3 is 2.57 bits per heavy atom. The summed E-state index contributed by atoms with van der Waals surface area (Å²) in [7, 11) is 1.81. The van der Waals surface area contributed by atoms with Crippen LogP contribution in [0.1, 0.15) is 27.6 Å². The van der Waals surface area contributed by atoms with E-state index in [1.165, 1.54) is 5.56 Å². The normalized spacial score (nSPS) is 15.2. The highest BCUT2D eigenvalue weighted by Gasteiger charge is 2.25. The number of hydrogen-bond acceptors (Lipinski definition) is 1. The Morgan fingerprint density at radius 1 is 1.19 bits per heavy atom. The smallest absolute Gasteiger partial charge is 0.231 e. The maximum Gasteiger partial charge on any atom is 0.231 e. The molecule has 0 fully saturated rings. The monoisotopic (exact) mass is 363 g/mol. The molecular formula is C17H15BrClNO. The number of benzene rings is 2. The van der Waals surface area contributed by atoms with E-state index in [0.717, 1.165) is 26.9 Å². The SMILES string of the molecule is Cc1ccc(C(Cl)c2ccc3c(c2)CC(=O)N3C)cc1Br. The lowest BCUT2D eigenvalue weighted by Crippen LogP contribution is -2.20. The zero-order valence-corrected chi connectivity index (χ0v) is 14.2. The standard InChI is InChI=1S/C17H15BrClNO/c1-10-3-4-12(8-14(10)18)17(19)11-5-6-15-13(7-11)9-16(21)20(15)2/h3-8,17H,9H2,1-2H3. The summed E-state index contributed by atoms with van der Waals surface area (Å²) in [5, 5.41) is -0.215. The minimum atomic E-state index is -0.215. The summed E-state index contributed by atoms with van der Waals surface area (Å²) in [6.07, 6.45) is 0.459. The second-order valence-corrected chi connectivity index (χ2v) is 6.68. The van der Waals surface area contributed by atoms with Crippen molar-refractivity contribution in [2.24, 2.45) is 0 Å². The average molecular weight is 365 g/mol. The lowest BCUT2D eigenvalue weighted by atomic mass is 10.0. The van der Waals surface area contributed by atoms with Gasteiger partial charge in [-0.05, 0) is 41.3 Å². The fraction of sp³-hybridized carbons (Fsp3) is 0.235. The van der Waals surface area contributed by atoms with E-state index in [-0.39, 0.29) is 11.3 Å². The van der Waals surface area contributed by atoms with Gasteiger partial charge in [0, 0.05) is 17.2 Å². The van der Waals surface area contributed by atoms with Crippen LogP contribution >= 0.6 is 27.5 Å². The number of carbonyl (C=O) groups is 1. The lowest BCUT2D eigenvalue weighted by Gasteiger charge is -2.14.